The number of benzene rings is 1. The molecule has 0 aliphatic heterocycles. The maximum absolute atomic E-state index is 13.9. The molecule has 100 valence electrons. The predicted molar refractivity (Wildman–Crippen MR) is 73.7 cm³/mol. The van der Waals surface area contributed by atoms with Crippen LogP contribution in [0.25, 0.3) is 0 Å². The molecule has 0 unspecified atom stereocenters. The van der Waals surface area contributed by atoms with Gasteiger partial charge in [0, 0.05) is 12.2 Å². The molecular formula is C13H16FN5. The molecule has 0 saturated carbocycles. The molecule has 0 aliphatic rings. The van der Waals surface area contributed by atoms with Gasteiger partial charge in [0.2, 0.25) is 5.95 Å². The first-order chi connectivity index (χ1) is 9.15. The van der Waals surface area contributed by atoms with Crippen LogP contribution in [0.2, 0.25) is 0 Å². The van der Waals surface area contributed by atoms with E-state index in [1.807, 2.05) is 38.1 Å². The summed E-state index contributed by atoms with van der Waals surface area (Å²) in [7, 11) is 0. The molecule has 0 fully saturated rings. The molecule has 0 aliphatic carbocycles. The van der Waals surface area contributed by atoms with Crippen LogP contribution in [-0.4, -0.2) is 16.5 Å². The van der Waals surface area contributed by atoms with Gasteiger partial charge in [0.15, 0.2) is 11.6 Å². The number of nitrogens with zero attached hydrogens (tertiary/aromatic N) is 3. The lowest BCUT2D eigenvalue weighted by Crippen LogP contribution is -2.21. The summed E-state index contributed by atoms with van der Waals surface area (Å²) >= 11 is 0. The van der Waals surface area contributed by atoms with Crippen LogP contribution in [0, 0.1) is 12.7 Å². The fourth-order valence-corrected chi connectivity index (χ4v) is 1.80. The average molecular weight is 261 g/mol. The molecule has 0 spiro atoms. The number of nitrogen functional groups attached to an aromatic ring is 1. The van der Waals surface area contributed by atoms with Crippen LogP contribution in [0.3, 0.4) is 0 Å². The van der Waals surface area contributed by atoms with E-state index in [0.29, 0.717) is 6.54 Å². The largest absolute Gasteiger partial charge is 0.324 e. The number of rotatable bonds is 4. The van der Waals surface area contributed by atoms with Gasteiger partial charge in [-0.2, -0.15) is 4.98 Å². The Kier molecular flexibility index (Phi) is 3.91. The van der Waals surface area contributed by atoms with Crippen molar-refractivity contribution in [2.75, 3.05) is 16.9 Å². The van der Waals surface area contributed by atoms with Gasteiger partial charge in [-0.05, 0) is 26.0 Å². The minimum Gasteiger partial charge on any atom is -0.324 e. The smallest absolute Gasteiger partial charge is 0.239 e. The number of hydrogen-bond donors (Lipinski definition) is 2. The first-order valence-electron chi connectivity index (χ1n) is 5.99. The molecule has 1 aromatic carbocycles. The average Bonchev–Trinajstić information content (AvgIpc) is 2.43. The summed E-state index contributed by atoms with van der Waals surface area (Å²) in [4.78, 5) is 9.56. The minimum absolute atomic E-state index is 0.182. The number of halogens is 1. The third-order valence-electron chi connectivity index (χ3n) is 2.77. The molecule has 0 amide bonds. The summed E-state index contributed by atoms with van der Waals surface area (Å²) < 4.78 is 13.9. The summed E-state index contributed by atoms with van der Waals surface area (Å²) in [5.74, 6) is 5.15. The molecule has 1 aromatic heterocycles. The molecule has 2 rings (SSSR count). The highest BCUT2D eigenvalue weighted by Crippen LogP contribution is 2.26. The Hall–Kier alpha value is -2.21. The Morgan fingerprint density at radius 2 is 2.00 bits per heavy atom. The van der Waals surface area contributed by atoms with E-state index in [2.05, 4.69) is 15.4 Å². The standard InChI is InChI=1S/C13H16FN5/c1-3-19(10-6-4-9(2)5-7-10)12-11(14)8-16-13(17-12)18-15/h4-8H,3,15H2,1-2H3,(H,16,17,18). The maximum atomic E-state index is 13.9. The van der Waals surface area contributed by atoms with Crippen LogP contribution in [0.4, 0.5) is 21.8 Å². The lowest BCUT2D eigenvalue weighted by Gasteiger charge is -2.22. The number of hydrogen-bond acceptors (Lipinski definition) is 5. The van der Waals surface area contributed by atoms with E-state index in [1.165, 1.54) is 0 Å². The van der Waals surface area contributed by atoms with E-state index in [4.69, 9.17) is 5.84 Å². The summed E-state index contributed by atoms with van der Waals surface area (Å²) in [6.45, 7) is 4.51. The third kappa shape index (κ3) is 2.79. The van der Waals surface area contributed by atoms with Crippen LogP contribution in [0.1, 0.15) is 12.5 Å². The zero-order chi connectivity index (χ0) is 13.8. The summed E-state index contributed by atoms with van der Waals surface area (Å²) in [6, 6.07) is 7.80. The van der Waals surface area contributed by atoms with Crippen molar-refractivity contribution in [2.45, 2.75) is 13.8 Å². The number of nitrogens with two attached hydrogens (primary N) is 1. The Bertz CT molecular complexity index is 555. The van der Waals surface area contributed by atoms with Crippen molar-refractivity contribution in [2.24, 2.45) is 5.84 Å². The molecule has 19 heavy (non-hydrogen) atoms. The molecule has 0 bridgehead atoms. The van der Waals surface area contributed by atoms with E-state index in [1.54, 1.807) is 4.90 Å². The molecule has 0 saturated heterocycles. The van der Waals surface area contributed by atoms with Gasteiger partial charge in [0.1, 0.15) is 0 Å². The first kappa shape index (κ1) is 13.2. The van der Waals surface area contributed by atoms with Gasteiger partial charge >= 0.3 is 0 Å². The van der Waals surface area contributed by atoms with Gasteiger partial charge in [-0.25, -0.2) is 15.2 Å². The highest BCUT2D eigenvalue weighted by Gasteiger charge is 2.15. The number of nitrogens with one attached hydrogen (secondary N) is 1. The molecule has 0 radical (unpaired) electrons. The fraction of sp³-hybridized carbons (Fsp3) is 0.231. The molecule has 2 aromatic rings. The Labute approximate surface area is 111 Å². The summed E-state index contributed by atoms with van der Waals surface area (Å²) in [5, 5.41) is 0. The lowest BCUT2D eigenvalue weighted by atomic mass is 10.2. The molecule has 0 atom stereocenters. The van der Waals surface area contributed by atoms with E-state index >= 15 is 0 Å². The molecule has 5 nitrogen and oxygen atoms in total. The SMILES string of the molecule is CCN(c1ccc(C)cc1)c1nc(NN)ncc1F. The van der Waals surface area contributed by atoms with Crippen LogP contribution in [-0.2, 0) is 0 Å². The normalized spacial score (nSPS) is 10.3. The summed E-state index contributed by atoms with van der Waals surface area (Å²) in [5.41, 5.74) is 4.33. The van der Waals surface area contributed by atoms with Crippen molar-refractivity contribution in [1.82, 2.24) is 9.97 Å². The highest BCUT2D eigenvalue weighted by atomic mass is 19.1. The minimum atomic E-state index is -0.485. The van der Waals surface area contributed by atoms with E-state index < -0.39 is 5.82 Å². The summed E-state index contributed by atoms with van der Waals surface area (Å²) in [6.07, 6.45) is 1.11. The molecule has 6 heteroatoms. The lowest BCUT2D eigenvalue weighted by molar-refractivity contribution is 0.612. The number of hydrazine groups is 1. The Morgan fingerprint density at radius 1 is 1.32 bits per heavy atom. The van der Waals surface area contributed by atoms with E-state index in [-0.39, 0.29) is 11.8 Å². The highest BCUT2D eigenvalue weighted by molar-refractivity contribution is 5.61. The second kappa shape index (κ2) is 5.62. The van der Waals surface area contributed by atoms with Crippen molar-refractivity contribution in [3.05, 3.63) is 41.8 Å². The number of aromatic nitrogens is 2. The van der Waals surface area contributed by atoms with Gasteiger partial charge in [0.25, 0.3) is 0 Å². The van der Waals surface area contributed by atoms with Gasteiger partial charge in [0.05, 0.1) is 6.20 Å². The van der Waals surface area contributed by atoms with Gasteiger partial charge in [-0.15, -0.1) is 0 Å². The molecule has 1 heterocycles. The van der Waals surface area contributed by atoms with Gasteiger partial charge in [-0.1, -0.05) is 17.7 Å². The second-order valence-corrected chi connectivity index (χ2v) is 4.09. The topological polar surface area (TPSA) is 67.1 Å². The first-order valence-corrected chi connectivity index (χ1v) is 5.99. The van der Waals surface area contributed by atoms with Crippen LogP contribution < -0.4 is 16.2 Å². The van der Waals surface area contributed by atoms with E-state index in [0.717, 1.165) is 17.4 Å². The van der Waals surface area contributed by atoms with Gasteiger partial charge < -0.3 is 4.90 Å². The van der Waals surface area contributed by atoms with E-state index in [9.17, 15) is 4.39 Å². The van der Waals surface area contributed by atoms with Crippen LogP contribution >= 0.6 is 0 Å². The zero-order valence-electron chi connectivity index (χ0n) is 10.9. The van der Waals surface area contributed by atoms with Crippen molar-refractivity contribution in [1.29, 1.82) is 0 Å². The van der Waals surface area contributed by atoms with Crippen molar-refractivity contribution < 1.29 is 4.39 Å². The number of aryl methyl sites for hydroxylation is 1. The van der Waals surface area contributed by atoms with Crippen molar-refractivity contribution in [3.8, 4) is 0 Å². The van der Waals surface area contributed by atoms with Crippen molar-refractivity contribution in [3.63, 3.8) is 0 Å². The predicted octanol–water partition coefficient (Wildman–Crippen LogP) is 2.37. The maximum Gasteiger partial charge on any atom is 0.239 e. The molecule has 3 N–H and O–H groups in total. The fourth-order valence-electron chi connectivity index (χ4n) is 1.80. The van der Waals surface area contributed by atoms with Crippen LogP contribution in [0.15, 0.2) is 30.5 Å². The molecular weight excluding hydrogens is 245 g/mol. The zero-order valence-corrected chi connectivity index (χ0v) is 10.9. The Morgan fingerprint density at radius 3 is 2.58 bits per heavy atom. The quantitative estimate of drug-likeness (QED) is 0.653. The van der Waals surface area contributed by atoms with Gasteiger partial charge in [-0.3, -0.25) is 5.43 Å². The monoisotopic (exact) mass is 261 g/mol. The second-order valence-electron chi connectivity index (χ2n) is 4.09. The van der Waals surface area contributed by atoms with Crippen LogP contribution in [0.5, 0.6) is 0 Å². The van der Waals surface area contributed by atoms with Crippen molar-refractivity contribution >= 4 is 17.5 Å². The Balaban J connectivity index is 2.44. The third-order valence-corrected chi connectivity index (χ3v) is 2.77. The number of anilines is 3.